The van der Waals surface area contributed by atoms with Crippen molar-refractivity contribution in [3.63, 3.8) is 0 Å². The zero-order valence-electron chi connectivity index (χ0n) is 25.1. The van der Waals surface area contributed by atoms with Gasteiger partial charge in [-0.25, -0.2) is 9.59 Å². The van der Waals surface area contributed by atoms with Crippen molar-refractivity contribution in [2.45, 2.75) is 123 Å². The lowest BCUT2D eigenvalue weighted by Gasteiger charge is -2.33. The zero-order chi connectivity index (χ0) is 30.0. The van der Waals surface area contributed by atoms with E-state index in [9.17, 15) is 29.4 Å². The van der Waals surface area contributed by atoms with E-state index < -0.39 is 47.8 Å². The van der Waals surface area contributed by atoms with Crippen LogP contribution in [0.1, 0.15) is 92.9 Å². The number of amides is 3. The fourth-order valence-corrected chi connectivity index (χ4v) is 5.20. The summed E-state index contributed by atoms with van der Waals surface area (Å²) < 4.78 is 10.6. The number of hydrogen-bond acceptors (Lipinski definition) is 7. The van der Waals surface area contributed by atoms with Crippen LogP contribution in [0.3, 0.4) is 0 Å². The largest absolute Gasteiger partial charge is 0.479 e. The standard InChI is InChI=1S/C29H51N3O8/c1-7-8-9-10-11-12-21(31-28(38)40-29(4,5)6)26(35)32-15-20(18(2)3)14-23(32)25(34)30-22(24(33)27(36)37)13-19-16-39-17-19/h18-24,33H,7-17H2,1-6H3,(H,30,34)(H,31,38)(H,36,37)/t20?,21-,22?,23-,24?/m0/s1. The second-order valence-electron chi connectivity index (χ2n) is 12.7. The summed E-state index contributed by atoms with van der Waals surface area (Å²) >= 11 is 0. The number of aliphatic carboxylic acids is 1. The van der Waals surface area contributed by atoms with Gasteiger partial charge in [0.15, 0.2) is 6.10 Å². The van der Waals surface area contributed by atoms with Gasteiger partial charge >= 0.3 is 12.1 Å². The van der Waals surface area contributed by atoms with Gasteiger partial charge in [-0.15, -0.1) is 0 Å². The molecule has 2 fully saturated rings. The van der Waals surface area contributed by atoms with Crippen LogP contribution in [0.25, 0.3) is 0 Å². The average Bonchev–Trinajstić information content (AvgIpc) is 3.28. The summed E-state index contributed by atoms with van der Waals surface area (Å²) in [6.45, 7) is 12.7. The number of nitrogens with one attached hydrogen (secondary N) is 2. The van der Waals surface area contributed by atoms with Gasteiger partial charge in [0.2, 0.25) is 11.8 Å². The van der Waals surface area contributed by atoms with Gasteiger partial charge in [0.1, 0.15) is 17.7 Å². The van der Waals surface area contributed by atoms with E-state index in [2.05, 4.69) is 17.6 Å². The Labute approximate surface area is 238 Å². The molecular formula is C29H51N3O8. The third-order valence-corrected chi connectivity index (χ3v) is 7.70. The number of carboxylic acids is 1. The number of unbranched alkanes of at least 4 members (excludes halogenated alkanes) is 4. The van der Waals surface area contributed by atoms with Crippen molar-refractivity contribution in [1.29, 1.82) is 0 Å². The first-order chi connectivity index (χ1) is 18.7. The Morgan fingerprint density at radius 3 is 2.23 bits per heavy atom. The fourth-order valence-electron chi connectivity index (χ4n) is 5.20. The lowest BCUT2D eigenvalue weighted by molar-refractivity contribution is -0.150. The highest BCUT2D eigenvalue weighted by Gasteiger charge is 2.44. The lowest BCUT2D eigenvalue weighted by atomic mass is 9.92. The summed E-state index contributed by atoms with van der Waals surface area (Å²) in [6, 6.07) is -2.71. The van der Waals surface area contributed by atoms with Crippen LogP contribution in [0.15, 0.2) is 0 Å². The molecule has 0 aromatic heterocycles. The third-order valence-electron chi connectivity index (χ3n) is 7.70. The van der Waals surface area contributed by atoms with Crippen molar-refractivity contribution in [1.82, 2.24) is 15.5 Å². The summed E-state index contributed by atoms with van der Waals surface area (Å²) in [6.07, 6.45) is 3.50. The smallest absolute Gasteiger partial charge is 0.408 e. The quantitative estimate of drug-likeness (QED) is 0.219. The first kappa shape index (κ1) is 33.8. The van der Waals surface area contributed by atoms with Gasteiger partial charge in [0.05, 0.1) is 19.3 Å². The van der Waals surface area contributed by atoms with E-state index in [-0.39, 0.29) is 30.1 Å². The van der Waals surface area contributed by atoms with Crippen LogP contribution in [0.2, 0.25) is 0 Å². The summed E-state index contributed by atoms with van der Waals surface area (Å²) in [5, 5.41) is 25.2. The molecule has 0 aromatic carbocycles. The number of aliphatic hydroxyl groups excluding tert-OH is 1. The number of likely N-dealkylation sites (tertiary alicyclic amines) is 1. The molecule has 5 atom stereocenters. The van der Waals surface area contributed by atoms with E-state index >= 15 is 0 Å². The highest BCUT2D eigenvalue weighted by molar-refractivity contribution is 5.92. The number of alkyl carbamates (subject to hydrolysis) is 1. The van der Waals surface area contributed by atoms with Gasteiger partial charge in [-0.1, -0.05) is 52.9 Å². The molecule has 2 aliphatic heterocycles. The van der Waals surface area contributed by atoms with Crippen molar-refractivity contribution in [3.8, 4) is 0 Å². The van der Waals surface area contributed by atoms with Gasteiger partial charge in [0, 0.05) is 12.5 Å². The maximum atomic E-state index is 13.9. The molecular weight excluding hydrogens is 518 g/mol. The Kier molecular flexibility index (Phi) is 13.1. The molecule has 0 spiro atoms. The second kappa shape index (κ2) is 15.6. The van der Waals surface area contributed by atoms with Crippen LogP contribution in [-0.2, 0) is 23.9 Å². The Morgan fingerprint density at radius 1 is 1.05 bits per heavy atom. The van der Waals surface area contributed by atoms with Gasteiger partial charge in [-0.2, -0.15) is 0 Å². The lowest BCUT2D eigenvalue weighted by Crippen LogP contribution is -2.57. The first-order valence-corrected chi connectivity index (χ1v) is 14.8. The highest BCUT2D eigenvalue weighted by Crippen LogP contribution is 2.31. The number of nitrogens with zero attached hydrogens (tertiary/aromatic N) is 1. The molecule has 230 valence electrons. The second-order valence-corrected chi connectivity index (χ2v) is 12.7. The SMILES string of the molecule is CCCCCCC[C@H](NC(=O)OC(C)(C)C)C(=O)N1CC(C(C)C)C[C@H]1C(=O)NC(CC1COC1)C(O)C(=O)O. The zero-order valence-corrected chi connectivity index (χ0v) is 25.1. The molecule has 0 aliphatic carbocycles. The van der Waals surface area contributed by atoms with Crippen molar-refractivity contribution in [2.75, 3.05) is 19.8 Å². The van der Waals surface area contributed by atoms with E-state index in [1.54, 1.807) is 20.8 Å². The van der Waals surface area contributed by atoms with E-state index in [1.807, 2.05) is 13.8 Å². The Bertz CT molecular complexity index is 855. The molecule has 2 aliphatic rings. The van der Waals surface area contributed by atoms with Crippen molar-refractivity contribution in [3.05, 3.63) is 0 Å². The number of carboxylic acid groups (broad SMARTS) is 1. The minimum absolute atomic E-state index is 0.0409. The third kappa shape index (κ3) is 10.5. The molecule has 2 heterocycles. The summed E-state index contributed by atoms with van der Waals surface area (Å²) in [4.78, 5) is 53.2. The predicted octanol–water partition coefficient (Wildman–Crippen LogP) is 3.08. The summed E-state index contributed by atoms with van der Waals surface area (Å²) in [7, 11) is 0. The number of rotatable bonds is 15. The molecule has 3 amide bonds. The Morgan fingerprint density at radius 2 is 1.70 bits per heavy atom. The van der Waals surface area contributed by atoms with Gasteiger partial charge < -0.3 is 35.2 Å². The average molecular weight is 570 g/mol. The molecule has 0 saturated carbocycles. The van der Waals surface area contributed by atoms with Crippen LogP contribution in [0.4, 0.5) is 4.79 Å². The Balaban J connectivity index is 2.23. The van der Waals surface area contributed by atoms with Crippen LogP contribution in [-0.4, -0.2) is 88.6 Å². The first-order valence-electron chi connectivity index (χ1n) is 14.8. The van der Waals surface area contributed by atoms with E-state index in [1.165, 1.54) is 4.90 Å². The molecule has 0 radical (unpaired) electrons. The number of carbonyl (C=O) groups is 4. The minimum Gasteiger partial charge on any atom is -0.479 e. The molecule has 11 heteroatoms. The summed E-state index contributed by atoms with van der Waals surface area (Å²) in [5.41, 5.74) is -0.733. The maximum Gasteiger partial charge on any atom is 0.408 e. The Hall–Kier alpha value is -2.40. The van der Waals surface area contributed by atoms with Gasteiger partial charge in [0.25, 0.3) is 0 Å². The maximum absolute atomic E-state index is 13.9. The van der Waals surface area contributed by atoms with E-state index in [0.29, 0.717) is 32.6 Å². The molecule has 2 saturated heterocycles. The number of aliphatic hydroxyl groups is 1. The minimum atomic E-state index is -1.78. The number of ether oxygens (including phenoxy) is 2. The number of hydrogen-bond donors (Lipinski definition) is 4. The molecule has 40 heavy (non-hydrogen) atoms. The van der Waals surface area contributed by atoms with Crippen LogP contribution in [0.5, 0.6) is 0 Å². The molecule has 0 bridgehead atoms. The normalized spacial score (nSPS) is 21.9. The monoisotopic (exact) mass is 569 g/mol. The molecule has 0 aromatic rings. The molecule has 3 unspecified atom stereocenters. The molecule has 2 rings (SSSR count). The van der Waals surface area contributed by atoms with Gasteiger partial charge in [-0.05, 0) is 51.9 Å². The van der Waals surface area contributed by atoms with Crippen LogP contribution in [0, 0.1) is 17.8 Å². The fraction of sp³-hybridized carbons (Fsp3) is 0.862. The predicted molar refractivity (Wildman–Crippen MR) is 149 cm³/mol. The van der Waals surface area contributed by atoms with E-state index in [0.717, 1.165) is 32.1 Å². The highest BCUT2D eigenvalue weighted by atomic mass is 16.6. The van der Waals surface area contributed by atoms with Gasteiger partial charge in [-0.3, -0.25) is 9.59 Å². The van der Waals surface area contributed by atoms with Crippen molar-refractivity contribution >= 4 is 23.9 Å². The number of carbonyl (C=O) groups excluding carboxylic acids is 3. The van der Waals surface area contributed by atoms with Crippen LogP contribution >= 0.6 is 0 Å². The molecule has 4 N–H and O–H groups in total. The van der Waals surface area contributed by atoms with Crippen LogP contribution < -0.4 is 10.6 Å². The van der Waals surface area contributed by atoms with Crippen molar-refractivity contribution in [2.24, 2.45) is 17.8 Å². The van der Waals surface area contributed by atoms with Crippen molar-refractivity contribution < 1.29 is 38.9 Å². The van der Waals surface area contributed by atoms with E-state index in [4.69, 9.17) is 9.47 Å². The topological polar surface area (TPSA) is 154 Å². The summed E-state index contributed by atoms with van der Waals surface area (Å²) in [5.74, 6) is -1.98. The molecule has 11 nitrogen and oxygen atoms in total.